The first-order chi connectivity index (χ1) is 16.4. The number of hydrogen-bond donors (Lipinski definition) is 1. The first-order valence-electron chi connectivity index (χ1n) is 11.4. The molecule has 3 heterocycles. The van der Waals surface area contributed by atoms with E-state index in [2.05, 4.69) is 28.2 Å². The molecule has 9 heteroatoms. The average molecular weight is 480 g/mol. The van der Waals surface area contributed by atoms with Crippen molar-refractivity contribution in [3.63, 3.8) is 0 Å². The van der Waals surface area contributed by atoms with E-state index in [1.807, 2.05) is 36.6 Å². The molecule has 4 rings (SSSR count). The summed E-state index contributed by atoms with van der Waals surface area (Å²) in [4.78, 5) is 18.4. The molecule has 0 amide bonds. The number of aryl methyl sites for hydroxylation is 1. The molecule has 1 aliphatic rings. The number of nitro benzene ring substituents is 1. The fraction of sp³-hybridized carbons (Fsp3) is 0.360. The molecule has 0 saturated carbocycles. The lowest BCUT2D eigenvalue weighted by atomic mass is 9.96. The van der Waals surface area contributed by atoms with Crippen LogP contribution in [0.2, 0.25) is 0 Å². The van der Waals surface area contributed by atoms with Crippen LogP contribution >= 0.6 is 12.2 Å². The fourth-order valence-corrected chi connectivity index (χ4v) is 5.07. The smallest absolute Gasteiger partial charge is 0.296 e. The molecule has 178 valence electrons. The summed E-state index contributed by atoms with van der Waals surface area (Å²) in [6, 6.07) is 12.7. The lowest BCUT2D eigenvalue weighted by molar-refractivity contribution is -0.384. The van der Waals surface area contributed by atoms with Crippen LogP contribution in [0.15, 0.2) is 48.7 Å². The molecule has 0 spiro atoms. The van der Waals surface area contributed by atoms with Gasteiger partial charge in [-0.05, 0) is 68.4 Å². The Hall–Kier alpha value is -3.46. The maximum Gasteiger partial charge on any atom is 0.296 e. The van der Waals surface area contributed by atoms with Gasteiger partial charge in [-0.3, -0.25) is 15.1 Å². The second-order valence-corrected chi connectivity index (χ2v) is 8.83. The summed E-state index contributed by atoms with van der Waals surface area (Å²) in [5.74, 6) is 0.449. The number of thiocarbonyl (C=S) groups is 1. The zero-order valence-corrected chi connectivity index (χ0v) is 20.6. The molecule has 0 aliphatic carbocycles. The van der Waals surface area contributed by atoms with Crippen molar-refractivity contribution >= 4 is 23.0 Å². The maximum atomic E-state index is 11.9. The Balaban J connectivity index is 1.86. The molecular weight excluding hydrogens is 450 g/mol. The van der Waals surface area contributed by atoms with Gasteiger partial charge in [0.1, 0.15) is 11.4 Å². The molecule has 0 radical (unpaired) electrons. The van der Waals surface area contributed by atoms with Gasteiger partial charge in [-0.2, -0.15) is 0 Å². The Morgan fingerprint density at radius 3 is 2.68 bits per heavy atom. The molecular formula is C25H29N5O3S. The van der Waals surface area contributed by atoms with E-state index in [0.717, 1.165) is 42.0 Å². The summed E-state index contributed by atoms with van der Waals surface area (Å²) in [5, 5.41) is 16.1. The SMILES string of the molecule is CCCCN1C(=S)NC(c2ccccn2)C1c1cc(C)n(-c2ccc(OC)cc2[N+](=O)[O-])c1C. The number of nitrogens with zero attached hydrogens (tertiary/aromatic N) is 4. The molecule has 0 bridgehead atoms. The van der Waals surface area contributed by atoms with E-state index in [1.54, 1.807) is 18.3 Å². The monoisotopic (exact) mass is 479 g/mol. The lowest BCUT2D eigenvalue weighted by Crippen LogP contribution is -2.30. The van der Waals surface area contributed by atoms with E-state index in [4.69, 9.17) is 17.0 Å². The number of hydrogen-bond acceptors (Lipinski definition) is 5. The molecule has 1 aliphatic heterocycles. The number of ether oxygens (including phenoxy) is 1. The standard InChI is InChI=1S/C25H29N5O3S/c1-5-6-13-28-24(23(27-25(28)34)20-9-7-8-12-26-20)19-14-16(2)29(17(19)3)21-11-10-18(33-4)15-22(21)30(31)32/h7-12,14-15,23-24H,5-6,13H2,1-4H3,(H,27,34). The van der Waals surface area contributed by atoms with Gasteiger partial charge in [-0.25, -0.2) is 0 Å². The third-order valence-electron chi connectivity index (χ3n) is 6.36. The van der Waals surface area contributed by atoms with Crippen molar-refractivity contribution < 1.29 is 9.66 Å². The second kappa shape index (κ2) is 9.80. The van der Waals surface area contributed by atoms with E-state index in [1.165, 1.54) is 13.2 Å². The number of pyridine rings is 1. The van der Waals surface area contributed by atoms with Gasteiger partial charge in [0.2, 0.25) is 0 Å². The first kappa shape index (κ1) is 23.7. The second-order valence-electron chi connectivity index (χ2n) is 8.45. The topological polar surface area (TPSA) is 85.5 Å². The summed E-state index contributed by atoms with van der Waals surface area (Å²) in [7, 11) is 1.50. The van der Waals surface area contributed by atoms with Crippen LogP contribution in [0.25, 0.3) is 5.69 Å². The van der Waals surface area contributed by atoms with Crippen LogP contribution in [-0.2, 0) is 0 Å². The highest BCUT2D eigenvalue weighted by Gasteiger charge is 2.41. The summed E-state index contributed by atoms with van der Waals surface area (Å²) >= 11 is 5.74. The molecule has 8 nitrogen and oxygen atoms in total. The minimum atomic E-state index is -0.368. The van der Waals surface area contributed by atoms with Gasteiger partial charge in [0.25, 0.3) is 5.69 Å². The fourth-order valence-electron chi connectivity index (χ4n) is 4.74. The third kappa shape index (κ3) is 4.23. The number of rotatable bonds is 8. The van der Waals surface area contributed by atoms with Crippen molar-refractivity contribution in [1.82, 2.24) is 19.8 Å². The first-order valence-corrected chi connectivity index (χ1v) is 11.8. The van der Waals surface area contributed by atoms with Gasteiger partial charge in [0, 0.05) is 24.1 Å². The van der Waals surface area contributed by atoms with Gasteiger partial charge < -0.3 is 19.5 Å². The molecule has 1 aromatic carbocycles. The molecule has 2 aromatic heterocycles. The van der Waals surface area contributed by atoms with E-state index < -0.39 is 0 Å². The highest BCUT2D eigenvalue weighted by molar-refractivity contribution is 7.80. The Morgan fingerprint density at radius 2 is 2.03 bits per heavy atom. The normalized spacial score (nSPS) is 17.6. The number of unbranched alkanes of at least 4 members (excludes halogenated alkanes) is 1. The van der Waals surface area contributed by atoms with Gasteiger partial charge in [0.15, 0.2) is 5.11 Å². The van der Waals surface area contributed by atoms with Crippen molar-refractivity contribution in [2.45, 2.75) is 45.7 Å². The van der Waals surface area contributed by atoms with Crippen molar-refractivity contribution in [3.8, 4) is 11.4 Å². The quantitative estimate of drug-likeness (QED) is 0.271. The van der Waals surface area contributed by atoms with E-state index in [0.29, 0.717) is 16.5 Å². The summed E-state index contributed by atoms with van der Waals surface area (Å²) in [5.41, 5.74) is 4.33. The van der Waals surface area contributed by atoms with Gasteiger partial charge in [-0.15, -0.1) is 0 Å². The van der Waals surface area contributed by atoms with Gasteiger partial charge in [0.05, 0.1) is 35.9 Å². The summed E-state index contributed by atoms with van der Waals surface area (Å²) in [6.07, 6.45) is 3.85. The van der Waals surface area contributed by atoms with Crippen LogP contribution in [-0.4, -0.2) is 38.1 Å². The van der Waals surface area contributed by atoms with Crippen LogP contribution in [0.4, 0.5) is 5.69 Å². The number of nitro groups is 1. The van der Waals surface area contributed by atoms with Gasteiger partial charge >= 0.3 is 0 Å². The zero-order valence-electron chi connectivity index (χ0n) is 19.8. The van der Waals surface area contributed by atoms with Crippen LogP contribution in [0.3, 0.4) is 0 Å². The van der Waals surface area contributed by atoms with Crippen LogP contribution in [0, 0.1) is 24.0 Å². The van der Waals surface area contributed by atoms with Crippen LogP contribution < -0.4 is 10.1 Å². The van der Waals surface area contributed by atoms with E-state index in [9.17, 15) is 10.1 Å². The number of benzene rings is 1. The summed E-state index contributed by atoms with van der Waals surface area (Å²) in [6.45, 7) is 6.96. The highest BCUT2D eigenvalue weighted by Crippen LogP contribution is 2.42. The Bertz CT molecular complexity index is 1210. The molecule has 1 fully saturated rings. The lowest BCUT2D eigenvalue weighted by Gasteiger charge is -2.28. The van der Waals surface area contributed by atoms with Gasteiger partial charge in [-0.1, -0.05) is 19.4 Å². The van der Waals surface area contributed by atoms with E-state index >= 15 is 0 Å². The molecule has 1 N–H and O–H groups in total. The Kier molecular flexibility index (Phi) is 6.83. The Morgan fingerprint density at radius 1 is 1.24 bits per heavy atom. The molecule has 3 aromatic rings. The van der Waals surface area contributed by atoms with Crippen molar-refractivity contribution in [2.24, 2.45) is 0 Å². The zero-order chi connectivity index (χ0) is 24.4. The molecule has 1 saturated heterocycles. The van der Waals surface area contributed by atoms with Crippen molar-refractivity contribution in [1.29, 1.82) is 0 Å². The van der Waals surface area contributed by atoms with Crippen molar-refractivity contribution in [2.75, 3.05) is 13.7 Å². The number of nitrogens with one attached hydrogen (secondary N) is 1. The molecule has 2 atom stereocenters. The largest absolute Gasteiger partial charge is 0.496 e. The third-order valence-corrected chi connectivity index (χ3v) is 6.71. The number of aromatic nitrogens is 2. The minimum absolute atomic E-state index is 0.00289. The molecule has 2 unspecified atom stereocenters. The predicted molar refractivity (Wildman–Crippen MR) is 136 cm³/mol. The van der Waals surface area contributed by atoms with Crippen LogP contribution in [0.1, 0.15) is 54.5 Å². The maximum absolute atomic E-state index is 11.9. The predicted octanol–water partition coefficient (Wildman–Crippen LogP) is 5.18. The van der Waals surface area contributed by atoms with E-state index in [-0.39, 0.29) is 22.7 Å². The van der Waals surface area contributed by atoms with Crippen LogP contribution in [0.5, 0.6) is 5.75 Å². The minimum Gasteiger partial charge on any atom is -0.496 e. The van der Waals surface area contributed by atoms with Crippen molar-refractivity contribution in [3.05, 3.63) is 81.4 Å². The average Bonchev–Trinajstić information content (AvgIpc) is 3.32. The summed E-state index contributed by atoms with van der Waals surface area (Å²) < 4.78 is 7.17. The number of methoxy groups -OCH3 is 1. The molecule has 34 heavy (non-hydrogen) atoms. The Labute approximate surface area is 204 Å². The highest BCUT2D eigenvalue weighted by atomic mass is 32.1.